The van der Waals surface area contributed by atoms with E-state index in [2.05, 4.69) is 15.5 Å². The van der Waals surface area contributed by atoms with Crippen molar-refractivity contribution in [1.29, 1.82) is 0 Å². The number of aromatic nitrogens is 2. The zero-order valence-corrected chi connectivity index (χ0v) is 11.9. The fourth-order valence-corrected chi connectivity index (χ4v) is 1.73. The second-order valence-electron chi connectivity index (χ2n) is 5.55. The predicted octanol–water partition coefficient (Wildman–Crippen LogP) is 2.77. The molecule has 0 unspecified atom stereocenters. The number of ether oxygens (including phenoxy) is 1. The maximum atomic E-state index is 11.8. The maximum Gasteiger partial charge on any atom is 0.229 e. The zero-order valence-electron chi connectivity index (χ0n) is 11.9. The van der Waals surface area contributed by atoms with Gasteiger partial charge in [0, 0.05) is 6.07 Å². The van der Waals surface area contributed by atoms with Gasteiger partial charge in [0.25, 0.3) is 0 Å². The number of hydrogen-bond donors (Lipinski definition) is 2. The van der Waals surface area contributed by atoms with Crippen LogP contribution >= 0.6 is 0 Å². The SMILES string of the molecule is CC(C)(C)Oc1ccc(CC(=O)Nc2ccn[nH]2)cc1. The molecule has 1 aromatic heterocycles. The minimum absolute atomic E-state index is 0.0845. The minimum atomic E-state index is -0.223. The lowest BCUT2D eigenvalue weighted by Gasteiger charge is -2.21. The first kappa shape index (κ1) is 14.1. The van der Waals surface area contributed by atoms with Crippen LogP contribution in [0.3, 0.4) is 0 Å². The highest BCUT2D eigenvalue weighted by Gasteiger charge is 2.11. The van der Waals surface area contributed by atoms with Crippen LogP contribution in [-0.2, 0) is 11.2 Å². The first-order chi connectivity index (χ1) is 9.42. The first-order valence-corrected chi connectivity index (χ1v) is 6.49. The Kier molecular flexibility index (Phi) is 4.08. The standard InChI is InChI=1S/C15H19N3O2/c1-15(2,3)20-12-6-4-11(5-7-12)10-14(19)17-13-8-9-16-18-13/h4-9H,10H2,1-3H3,(H2,16,17,18,19). The fourth-order valence-electron chi connectivity index (χ4n) is 1.73. The third-order valence-corrected chi connectivity index (χ3v) is 2.49. The summed E-state index contributed by atoms with van der Waals surface area (Å²) in [6, 6.07) is 9.26. The van der Waals surface area contributed by atoms with Gasteiger partial charge in [-0.25, -0.2) is 0 Å². The van der Waals surface area contributed by atoms with E-state index in [1.54, 1.807) is 12.3 Å². The summed E-state index contributed by atoms with van der Waals surface area (Å²) >= 11 is 0. The van der Waals surface area contributed by atoms with E-state index in [0.717, 1.165) is 11.3 Å². The normalized spacial score (nSPS) is 11.2. The summed E-state index contributed by atoms with van der Waals surface area (Å²) in [5, 5.41) is 9.19. The van der Waals surface area contributed by atoms with Crippen LogP contribution in [0.2, 0.25) is 0 Å². The van der Waals surface area contributed by atoms with Crippen LogP contribution in [0, 0.1) is 0 Å². The van der Waals surface area contributed by atoms with Crippen LogP contribution in [0.4, 0.5) is 5.82 Å². The molecule has 5 nitrogen and oxygen atoms in total. The van der Waals surface area contributed by atoms with Crippen LogP contribution < -0.4 is 10.1 Å². The molecule has 2 rings (SSSR count). The number of benzene rings is 1. The zero-order chi connectivity index (χ0) is 14.6. The molecule has 0 saturated heterocycles. The highest BCUT2D eigenvalue weighted by Crippen LogP contribution is 2.18. The second-order valence-corrected chi connectivity index (χ2v) is 5.55. The molecule has 106 valence electrons. The maximum absolute atomic E-state index is 11.8. The number of anilines is 1. The Morgan fingerprint density at radius 3 is 2.50 bits per heavy atom. The van der Waals surface area contributed by atoms with Gasteiger partial charge in [-0.1, -0.05) is 12.1 Å². The molecule has 0 radical (unpaired) electrons. The summed E-state index contributed by atoms with van der Waals surface area (Å²) in [6.07, 6.45) is 1.91. The van der Waals surface area contributed by atoms with Crippen molar-refractivity contribution in [3.05, 3.63) is 42.1 Å². The summed E-state index contributed by atoms with van der Waals surface area (Å²) < 4.78 is 5.73. The van der Waals surface area contributed by atoms with E-state index >= 15 is 0 Å². The lowest BCUT2D eigenvalue weighted by Crippen LogP contribution is -2.22. The van der Waals surface area contributed by atoms with Crippen LogP contribution in [0.1, 0.15) is 26.3 Å². The molecule has 0 aliphatic rings. The smallest absolute Gasteiger partial charge is 0.229 e. The topological polar surface area (TPSA) is 67.0 Å². The molecule has 0 aliphatic carbocycles. The molecule has 0 spiro atoms. The molecule has 2 N–H and O–H groups in total. The molecular formula is C15H19N3O2. The molecule has 0 aliphatic heterocycles. The number of rotatable bonds is 4. The quantitative estimate of drug-likeness (QED) is 0.900. The molecule has 1 aromatic carbocycles. The van der Waals surface area contributed by atoms with Crippen molar-refractivity contribution in [3.63, 3.8) is 0 Å². The number of carbonyl (C=O) groups excluding carboxylic acids is 1. The predicted molar refractivity (Wildman–Crippen MR) is 77.7 cm³/mol. The Bertz CT molecular complexity index is 554. The van der Waals surface area contributed by atoms with Crippen molar-refractivity contribution in [2.24, 2.45) is 0 Å². The molecule has 0 fully saturated rings. The molecule has 1 heterocycles. The lowest BCUT2D eigenvalue weighted by molar-refractivity contribution is -0.115. The van der Waals surface area contributed by atoms with E-state index in [4.69, 9.17) is 4.74 Å². The second kappa shape index (κ2) is 5.77. The Morgan fingerprint density at radius 2 is 1.95 bits per heavy atom. The van der Waals surface area contributed by atoms with Crippen LogP contribution in [0.5, 0.6) is 5.75 Å². The Balaban J connectivity index is 1.92. The summed E-state index contributed by atoms with van der Waals surface area (Å²) in [4.78, 5) is 11.8. The van der Waals surface area contributed by atoms with Gasteiger partial charge in [-0.05, 0) is 38.5 Å². The van der Waals surface area contributed by atoms with Crippen molar-refractivity contribution in [3.8, 4) is 5.75 Å². The summed E-state index contributed by atoms with van der Waals surface area (Å²) in [6.45, 7) is 6.00. The van der Waals surface area contributed by atoms with Crippen LogP contribution in [-0.4, -0.2) is 21.7 Å². The summed E-state index contributed by atoms with van der Waals surface area (Å²) in [7, 11) is 0. The minimum Gasteiger partial charge on any atom is -0.488 e. The van der Waals surface area contributed by atoms with Crippen molar-refractivity contribution >= 4 is 11.7 Å². The van der Waals surface area contributed by atoms with Gasteiger partial charge in [-0.3, -0.25) is 9.89 Å². The highest BCUT2D eigenvalue weighted by molar-refractivity contribution is 5.91. The van der Waals surface area contributed by atoms with E-state index in [0.29, 0.717) is 12.2 Å². The van der Waals surface area contributed by atoms with Crippen LogP contribution in [0.15, 0.2) is 36.5 Å². The third kappa shape index (κ3) is 4.42. The van der Waals surface area contributed by atoms with Gasteiger partial charge in [0.15, 0.2) is 0 Å². The highest BCUT2D eigenvalue weighted by atomic mass is 16.5. The number of amides is 1. The summed E-state index contributed by atoms with van der Waals surface area (Å²) in [5.74, 6) is 1.32. The van der Waals surface area contributed by atoms with Gasteiger partial charge >= 0.3 is 0 Å². The Labute approximate surface area is 118 Å². The van der Waals surface area contributed by atoms with Crippen molar-refractivity contribution in [1.82, 2.24) is 10.2 Å². The number of carbonyl (C=O) groups is 1. The average Bonchev–Trinajstić information content (AvgIpc) is 2.82. The van der Waals surface area contributed by atoms with Gasteiger partial charge in [-0.2, -0.15) is 5.10 Å². The molecule has 0 atom stereocenters. The molecule has 5 heteroatoms. The van der Waals surface area contributed by atoms with Crippen LogP contribution in [0.25, 0.3) is 0 Å². The van der Waals surface area contributed by atoms with E-state index in [1.807, 2.05) is 45.0 Å². The fraction of sp³-hybridized carbons (Fsp3) is 0.333. The molecular weight excluding hydrogens is 254 g/mol. The van der Waals surface area contributed by atoms with Gasteiger partial charge in [0.2, 0.25) is 5.91 Å². The van der Waals surface area contributed by atoms with E-state index < -0.39 is 0 Å². The first-order valence-electron chi connectivity index (χ1n) is 6.49. The van der Waals surface area contributed by atoms with Crippen molar-refractivity contribution < 1.29 is 9.53 Å². The molecule has 0 bridgehead atoms. The van der Waals surface area contributed by atoms with Gasteiger partial charge in [-0.15, -0.1) is 0 Å². The van der Waals surface area contributed by atoms with Gasteiger partial charge in [0.1, 0.15) is 17.2 Å². The van der Waals surface area contributed by atoms with Gasteiger partial charge in [0.05, 0.1) is 12.6 Å². The number of H-pyrrole nitrogens is 1. The van der Waals surface area contributed by atoms with E-state index in [1.165, 1.54) is 0 Å². The largest absolute Gasteiger partial charge is 0.488 e. The number of nitrogens with one attached hydrogen (secondary N) is 2. The number of aromatic amines is 1. The van der Waals surface area contributed by atoms with Crippen molar-refractivity contribution in [2.45, 2.75) is 32.8 Å². The summed E-state index contributed by atoms with van der Waals surface area (Å²) in [5.41, 5.74) is 0.711. The Morgan fingerprint density at radius 1 is 1.25 bits per heavy atom. The molecule has 20 heavy (non-hydrogen) atoms. The van der Waals surface area contributed by atoms with E-state index in [-0.39, 0.29) is 11.5 Å². The Hall–Kier alpha value is -2.30. The molecule has 1 amide bonds. The average molecular weight is 273 g/mol. The van der Waals surface area contributed by atoms with Crippen molar-refractivity contribution in [2.75, 3.05) is 5.32 Å². The van der Waals surface area contributed by atoms with Gasteiger partial charge < -0.3 is 10.1 Å². The van der Waals surface area contributed by atoms with E-state index in [9.17, 15) is 4.79 Å². The number of nitrogens with zero attached hydrogens (tertiary/aromatic N) is 1. The molecule has 2 aromatic rings. The number of hydrogen-bond acceptors (Lipinski definition) is 3. The third-order valence-electron chi connectivity index (χ3n) is 2.49. The monoisotopic (exact) mass is 273 g/mol. The molecule has 0 saturated carbocycles. The lowest BCUT2D eigenvalue weighted by atomic mass is 10.1.